The van der Waals surface area contributed by atoms with E-state index in [0.29, 0.717) is 22.0 Å². The molecule has 1 heterocycles. The number of hydrogen-bond acceptors (Lipinski definition) is 7. The predicted molar refractivity (Wildman–Crippen MR) is 143 cm³/mol. The molecule has 3 N–H and O–H groups in total. The number of aromatic nitrogens is 3. The van der Waals surface area contributed by atoms with E-state index in [1.54, 1.807) is 24.3 Å². The van der Waals surface area contributed by atoms with Gasteiger partial charge in [-0.25, -0.2) is 4.79 Å². The minimum absolute atomic E-state index is 0.00734. The van der Waals surface area contributed by atoms with Gasteiger partial charge in [0.05, 0.1) is 5.56 Å². The van der Waals surface area contributed by atoms with Crippen molar-refractivity contribution in [3.63, 3.8) is 0 Å². The number of anilines is 3. The summed E-state index contributed by atoms with van der Waals surface area (Å²) in [7, 11) is 0. The number of carboxylic acid groups (broad SMARTS) is 1. The number of carboxylic acids is 1. The van der Waals surface area contributed by atoms with Crippen LogP contribution in [0.1, 0.15) is 11.1 Å². The summed E-state index contributed by atoms with van der Waals surface area (Å²) in [5.41, 5.74) is 1.17. The standard InChI is InChI=1S/C26H21ClF3N5O2S/c27-19-10-6-17(7-11-19)22-33-24(31-20-12-8-18(9-13-20)26(28,29)30)35-25(34-22)32-21(23(36)37)15-38-14-16-4-2-1-3-5-16/h1-13,21H,14-15H2,(H,36,37)(H2,31,32,33,34,35). The molecular weight excluding hydrogens is 539 g/mol. The molecule has 0 bridgehead atoms. The molecule has 0 fully saturated rings. The van der Waals surface area contributed by atoms with E-state index in [9.17, 15) is 23.1 Å². The third-order valence-corrected chi connectivity index (χ3v) is 6.56. The third kappa shape index (κ3) is 7.59. The van der Waals surface area contributed by atoms with Gasteiger partial charge in [-0.3, -0.25) is 0 Å². The Balaban J connectivity index is 1.57. The zero-order valence-electron chi connectivity index (χ0n) is 19.6. The number of rotatable bonds is 10. The molecule has 0 aliphatic rings. The highest BCUT2D eigenvalue weighted by Gasteiger charge is 2.30. The Bertz CT molecular complexity index is 1370. The van der Waals surface area contributed by atoms with Gasteiger partial charge in [0.2, 0.25) is 11.9 Å². The zero-order chi connectivity index (χ0) is 27.1. The average molecular weight is 560 g/mol. The predicted octanol–water partition coefficient (Wildman–Crippen LogP) is 6.75. The molecule has 4 aromatic rings. The van der Waals surface area contributed by atoms with Gasteiger partial charge in [0.25, 0.3) is 0 Å². The maximum absolute atomic E-state index is 12.9. The van der Waals surface area contributed by atoms with E-state index in [2.05, 4.69) is 25.6 Å². The highest BCUT2D eigenvalue weighted by atomic mass is 35.5. The fourth-order valence-corrected chi connectivity index (χ4v) is 4.43. The molecule has 0 amide bonds. The van der Waals surface area contributed by atoms with Crippen LogP contribution >= 0.6 is 23.4 Å². The second-order valence-electron chi connectivity index (χ2n) is 8.05. The molecular formula is C26H21ClF3N5O2S. The lowest BCUT2D eigenvalue weighted by Crippen LogP contribution is -2.32. The fraction of sp³-hybridized carbons (Fsp3) is 0.154. The van der Waals surface area contributed by atoms with E-state index in [-0.39, 0.29) is 23.5 Å². The van der Waals surface area contributed by atoms with E-state index in [4.69, 9.17) is 11.6 Å². The second kappa shape index (κ2) is 12.1. The van der Waals surface area contributed by atoms with Gasteiger partial charge in [-0.2, -0.15) is 39.9 Å². The largest absolute Gasteiger partial charge is 0.480 e. The molecule has 7 nitrogen and oxygen atoms in total. The van der Waals surface area contributed by atoms with Crippen LogP contribution in [0.3, 0.4) is 0 Å². The Morgan fingerprint density at radius 3 is 2.21 bits per heavy atom. The number of thioether (sulfide) groups is 1. The van der Waals surface area contributed by atoms with Crippen molar-refractivity contribution in [1.29, 1.82) is 0 Å². The third-order valence-electron chi connectivity index (χ3n) is 5.20. The van der Waals surface area contributed by atoms with Crippen molar-refractivity contribution in [3.8, 4) is 11.4 Å². The summed E-state index contributed by atoms with van der Waals surface area (Å²) in [6, 6.07) is 19.7. The molecule has 196 valence electrons. The van der Waals surface area contributed by atoms with Crippen LogP contribution in [0.25, 0.3) is 11.4 Å². The monoisotopic (exact) mass is 559 g/mol. The van der Waals surface area contributed by atoms with E-state index < -0.39 is 23.8 Å². The van der Waals surface area contributed by atoms with Gasteiger partial charge in [0.15, 0.2) is 5.82 Å². The van der Waals surface area contributed by atoms with E-state index in [1.165, 1.54) is 23.9 Å². The Morgan fingerprint density at radius 2 is 1.58 bits per heavy atom. The van der Waals surface area contributed by atoms with Crippen LogP contribution in [0, 0.1) is 0 Å². The van der Waals surface area contributed by atoms with Crippen LogP contribution in [0.5, 0.6) is 0 Å². The van der Waals surface area contributed by atoms with Crippen molar-refractivity contribution in [2.75, 3.05) is 16.4 Å². The molecule has 0 aliphatic heterocycles. The van der Waals surface area contributed by atoms with Crippen molar-refractivity contribution in [2.24, 2.45) is 0 Å². The van der Waals surface area contributed by atoms with Crippen LogP contribution < -0.4 is 10.6 Å². The van der Waals surface area contributed by atoms with E-state index in [1.807, 2.05) is 30.3 Å². The molecule has 12 heteroatoms. The first-order valence-electron chi connectivity index (χ1n) is 11.2. The molecule has 0 saturated heterocycles. The Labute approximate surface area is 225 Å². The Morgan fingerprint density at radius 1 is 0.921 bits per heavy atom. The number of nitrogens with one attached hydrogen (secondary N) is 2. The van der Waals surface area contributed by atoms with Gasteiger partial charge in [0, 0.05) is 27.8 Å². The molecule has 0 radical (unpaired) electrons. The van der Waals surface area contributed by atoms with Crippen molar-refractivity contribution in [3.05, 3.63) is 95.0 Å². The lowest BCUT2D eigenvalue weighted by molar-refractivity contribution is -0.138. The minimum atomic E-state index is -4.46. The van der Waals surface area contributed by atoms with E-state index in [0.717, 1.165) is 17.7 Å². The summed E-state index contributed by atoms with van der Waals surface area (Å²) < 4.78 is 38.8. The van der Waals surface area contributed by atoms with Gasteiger partial charge in [-0.15, -0.1) is 0 Å². The SMILES string of the molecule is O=C(O)C(CSCc1ccccc1)Nc1nc(Nc2ccc(C(F)(F)F)cc2)nc(-c2ccc(Cl)cc2)n1. The molecule has 0 saturated carbocycles. The first-order chi connectivity index (χ1) is 18.2. The van der Waals surface area contributed by atoms with Crippen LogP contribution in [-0.4, -0.2) is 37.8 Å². The number of hydrogen-bond donors (Lipinski definition) is 3. The highest BCUT2D eigenvalue weighted by molar-refractivity contribution is 7.98. The van der Waals surface area contributed by atoms with Crippen LogP contribution in [0.15, 0.2) is 78.9 Å². The summed E-state index contributed by atoms with van der Waals surface area (Å²) in [6.07, 6.45) is -4.46. The molecule has 0 aliphatic carbocycles. The van der Waals surface area contributed by atoms with Gasteiger partial charge in [0.1, 0.15) is 6.04 Å². The molecule has 0 spiro atoms. The summed E-state index contributed by atoms with van der Waals surface area (Å²) in [5, 5.41) is 16.0. The van der Waals surface area contributed by atoms with Gasteiger partial charge >= 0.3 is 12.1 Å². The topological polar surface area (TPSA) is 100 Å². The maximum atomic E-state index is 12.9. The van der Waals surface area contributed by atoms with Crippen molar-refractivity contribution in [2.45, 2.75) is 18.0 Å². The minimum Gasteiger partial charge on any atom is -0.480 e. The fourth-order valence-electron chi connectivity index (χ4n) is 3.30. The lowest BCUT2D eigenvalue weighted by atomic mass is 10.2. The quantitative estimate of drug-likeness (QED) is 0.196. The molecule has 3 aromatic carbocycles. The second-order valence-corrected chi connectivity index (χ2v) is 9.52. The van der Waals surface area contributed by atoms with Crippen molar-refractivity contribution >= 4 is 46.9 Å². The summed E-state index contributed by atoms with van der Waals surface area (Å²) in [5.74, 6) is -0.0000296. The number of benzene rings is 3. The zero-order valence-corrected chi connectivity index (χ0v) is 21.2. The van der Waals surface area contributed by atoms with Crippen molar-refractivity contribution < 1.29 is 23.1 Å². The van der Waals surface area contributed by atoms with Gasteiger partial charge in [-0.05, 0) is 54.1 Å². The first kappa shape index (κ1) is 27.2. The first-order valence-corrected chi connectivity index (χ1v) is 12.8. The summed E-state index contributed by atoms with van der Waals surface area (Å²) in [4.78, 5) is 25.0. The number of halogens is 4. The maximum Gasteiger partial charge on any atom is 0.416 e. The van der Waals surface area contributed by atoms with Gasteiger partial charge < -0.3 is 15.7 Å². The molecule has 1 aromatic heterocycles. The van der Waals surface area contributed by atoms with Crippen molar-refractivity contribution in [1.82, 2.24) is 15.0 Å². The van der Waals surface area contributed by atoms with Crippen LogP contribution in [0.2, 0.25) is 5.02 Å². The van der Waals surface area contributed by atoms with E-state index >= 15 is 0 Å². The summed E-state index contributed by atoms with van der Waals surface area (Å²) in [6.45, 7) is 0. The van der Waals surface area contributed by atoms with Gasteiger partial charge in [-0.1, -0.05) is 41.9 Å². The van der Waals surface area contributed by atoms with Crippen LogP contribution in [-0.2, 0) is 16.7 Å². The normalized spacial score (nSPS) is 12.1. The van der Waals surface area contributed by atoms with Crippen LogP contribution in [0.4, 0.5) is 30.8 Å². The number of alkyl halides is 3. The number of carbonyl (C=O) groups is 1. The average Bonchev–Trinajstić information content (AvgIpc) is 2.89. The number of aliphatic carboxylic acids is 1. The molecule has 38 heavy (non-hydrogen) atoms. The highest BCUT2D eigenvalue weighted by Crippen LogP contribution is 2.30. The Kier molecular flexibility index (Phi) is 8.70. The number of nitrogens with zero attached hydrogens (tertiary/aromatic N) is 3. The smallest absolute Gasteiger partial charge is 0.416 e. The Hall–Kier alpha value is -3.83. The summed E-state index contributed by atoms with van der Waals surface area (Å²) >= 11 is 7.42. The molecule has 1 unspecified atom stereocenters. The molecule has 4 rings (SSSR count). The lowest BCUT2D eigenvalue weighted by Gasteiger charge is -2.16. The molecule has 1 atom stereocenters.